The van der Waals surface area contributed by atoms with E-state index in [0.29, 0.717) is 11.6 Å². The molecule has 0 atom stereocenters. The number of fused-ring (bicyclic) bond motifs is 1. The molecule has 8 heteroatoms. The Morgan fingerprint density at radius 2 is 1.96 bits per heavy atom. The van der Waals surface area contributed by atoms with Gasteiger partial charge in [0.25, 0.3) is 0 Å². The van der Waals surface area contributed by atoms with Crippen LogP contribution < -0.4 is 10.5 Å². The fraction of sp³-hybridized carbons (Fsp3) is 0.200. The van der Waals surface area contributed by atoms with Gasteiger partial charge in [0.2, 0.25) is 10.0 Å². The predicted molar refractivity (Wildman–Crippen MR) is 94.1 cm³/mol. The van der Waals surface area contributed by atoms with Gasteiger partial charge in [-0.3, -0.25) is 0 Å². The number of anilines is 1. The minimum absolute atomic E-state index is 0.146. The topological polar surface area (TPSA) is 98.0 Å². The second kappa shape index (κ2) is 6.23. The molecule has 0 amide bonds. The summed E-state index contributed by atoms with van der Waals surface area (Å²) in [5.74, 6) is 1.12. The fourth-order valence-corrected chi connectivity index (χ4v) is 3.69. The van der Waals surface area contributed by atoms with Crippen molar-refractivity contribution in [3.8, 4) is 10.4 Å². The molecule has 120 valence electrons. The van der Waals surface area contributed by atoms with Crippen molar-refractivity contribution >= 4 is 37.4 Å². The van der Waals surface area contributed by atoms with Crippen LogP contribution in [0, 0.1) is 6.92 Å². The number of nitrogens with one attached hydrogen (secondary N) is 1. The van der Waals surface area contributed by atoms with Gasteiger partial charge in [0.1, 0.15) is 16.5 Å². The molecule has 1 aromatic carbocycles. The smallest absolute Gasteiger partial charge is 0.210 e. The maximum Gasteiger partial charge on any atom is 0.210 e. The predicted octanol–water partition coefficient (Wildman–Crippen LogP) is 2.37. The molecule has 0 radical (unpaired) electrons. The number of aryl methyl sites for hydroxylation is 1. The highest BCUT2D eigenvalue weighted by Gasteiger charge is 2.12. The first kappa shape index (κ1) is 15.9. The van der Waals surface area contributed by atoms with Crippen LogP contribution in [0.3, 0.4) is 0 Å². The van der Waals surface area contributed by atoms with E-state index in [2.05, 4.69) is 15.3 Å². The van der Waals surface area contributed by atoms with E-state index in [1.807, 2.05) is 43.3 Å². The normalized spacial score (nSPS) is 11.7. The highest BCUT2D eigenvalue weighted by molar-refractivity contribution is 7.89. The summed E-state index contributed by atoms with van der Waals surface area (Å²) in [6.07, 6.45) is 0. The van der Waals surface area contributed by atoms with Gasteiger partial charge in [0.15, 0.2) is 0 Å². The van der Waals surface area contributed by atoms with Gasteiger partial charge in [0.05, 0.1) is 11.1 Å². The third-order valence-electron chi connectivity index (χ3n) is 3.24. The van der Waals surface area contributed by atoms with E-state index >= 15 is 0 Å². The number of rotatable bonds is 5. The Morgan fingerprint density at radius 3 is 2.65 bits per heavy atom. The number of hydrogen-bond donors (Lipinski definition) is 2. The largest absolute Gasteiger partial charge is 0.368 e. The molecule has 0 saturated carbocycles. The zero-order valence-electron chi connectivity index (χ0n) is 12.5. The Hall–Kier alpha value is -2.03. The van der Waals surface area contributed by atoms with Crippen molar-refractivity contribution in [2.24, 2.45) is 5.14 Å². The van der Waals surface area contributed by atoms with E-state index in [9.17, 15) is 8.42 Å². The van der Waals surface area contributed by atoms with Gasteiger partial charge in [-0.25, -0.2) is 23.5 Å². The van der Waals surface area contributed by atoms with Crippen molar-refractivity contribution in [2.45, 2.75) is 6.92 Å². The molecule has 0 unspecified atom stereocenters. The minimum atomic E-state index is -3.50. The van der Waals surface area contributed by atoms with Gasteiger partial charge in [-0.05, 0) is 18.6 Å². The van der Waals surface area contributed by atoms with Crippen molar-refractivity contribution in [3.63, 3.8) is 0 Å². The molecule has 0 aliphatic rings. The summed E-state index contributed by atoms with van der Waals surface area (Å²) in [6, 6.07) is 12.1. The first-order valence-electron chi connectivity index (χ1n) is 7.00. The molecule has 23 heavy (non-hydrogen) atoms. The summed E-state index contributed by atoms with van der Waals surface area (Å²) in [5, 5.41) is 8.95. The standard InChI is InChI=1S/C15H16N4O2S2/c1-10-18-14(17-7-8-23(16,20)21)12-9-13(22-15(12)19-10)11-5-3-2-4-6-11/h2-6,9H,7-8H2,1H3,(H2,16,20,21)(H,17,18,19). The fourth-order valence-electron chi connectivity index (χ4n) is 2.22. The number of sulfonamides is 1. The van der Waals surface area contributed by atoms with Crippen LogP contribution in [0.25, 0.3) is 20.7 Å². The van der Waals surface area contributed by atoms with E-state index in [1.165, 1.54) is 0 Å². The summed E-state index contributed by atoms with van der Waals surface area (Å²) in [5.41, 5.74) is 1.11. The number of nitrogens with zero attached hydrogens (tertiary/aromatic N) is 2. The quantitative estimate of drug-likeness (QED) is 0.737. The van der Waals surface area contributed by atoms with E-state index in [0.717, 1.165) is 20.7 Å². The van der Waals surface area contributed by atoms with E-state index in [4.69, 9.17) is 5.14 Å². The molecule has 0 aliphatic carbocycles. The second-order valence-corrected chi connectivity index (χ2v) is 7.87. The van der Waals surface area contributed by atoms with E-state index in [-0.39, 0.29) is 12.3 Å². The zero-order chi connectivity index (χ0) is 16.4. The van der Waals surface area contributed by atoms with Crippen LogP contribution in [0.4, 0.5) is 5.82 Å². The van der Waals surface area contributed by atoms with Crippen LogP contribution >= 0.6 is 11.3 Å². The van der Waals surface area contributed by atoms with Crippen molar-refractivity contribution in [2.75, 3.05) is 17.6 Å². The van der Waals surface area contributed by atoms with Gasteiger partial charge >= 0.3 is 0 Å². The summed E-state index contributed by atoms with van der Waals surface area (Å²) in [6.45, 7) is 2.02. The van der Waals surface area contributed by atoms with Crippen molar-refractivity contribution in [3.05, 3.63) is 42.2 Å². The molecular weight excluding hydrogens is 332 g/mol. The van der Waals surface area contributed by atoms with Crippen molar-refractivity contribution in [1.29, 1.82) is 0 Å². The Labute approximate surface area is 138 Å². The van der Waals surface area contributed by atoms with Crippen LogP contribution in [0.2, 0.25) is 0 Å². The Balaban J connectivity index is 1.96. The average molecular weight is 348 g/mol. The minimum Gasteiger partial charge on any atom is -0.368 e. The molecule has 3 N–H and O–H groups in total. The molecule has 6 nitrogen and oxygen atoms in total. The number of thiophene rings is 1. The lowest BCUT2D eigenvalue weighted by atomic mass is 10.2. The molecule has 0 bridgehead atoms. The lowest BCUT2D eigenvalue weighted by Gasteiger charge is -2.06. The molecule has 3 rings (SSSR count). The molecule has 3 aromatic rings. The zero-order valence-corrected chi connectivity index (χ0v) is 14.1. The number of nitrogens with two attached hydrogens (primary N) is 1. The Kier molecular flexibility index (Phi) is 4.29. The Bertz CT molecular complexity index is 937. The van der Waals surface area contributed by atoms with Crippen molar-refractivity contribution in [1.82, 2.24) is 9.97 Å². The van der Waals surface area contributed by atoms with Crippen LogP contribution in [-0.4, -0.2) is 30.7 Å². The first-order chi connectivity index (χ1) is 10.9. The molecule has 0 aliphatic heterocycles. The van der Waals surface area contributed by atoms with Crippen LogP contribution in [0.15, 0.2) is 36.4 Å². The van der Waals surface area contributed by atoms with E-state index in [1.54, 1.807) is 11.3 Å². The maximum atomic E-state index is 11.0. The van der Waals surface area contributed by atoms with Crippen molar-refractivity contribution < 1.29 is 8.42 Å². The van der Waals surface area contributed by atoms with Gasteiger partial charge in [-0.15, -0.1) is 11.3 Å². The van der Waals surface area contributed by atoms with Gasteiger partial charge in [0, 0.05) is 11.4 Å². The highest BCUT2D eigenvalue weighted by atomic mass is 32.2. The van der Waals surface area contributed by atoms with Gasteiger partial charge < -0.3 is 5.32 Å². The summed E-state index contributed by atoms with van der Waals surface area (Å²) in [7, 11) is -3.50. The summed E-state index contributed by atoms with van der Waals surface area (Å²) in [4.78, 5) is 10.8. The van der Waals surface area contributed by atoms with Gasteiger partial charge in [-0.1, -0.05) is 30.3 Å². The second-order valence-electron chi connectivity index (χ2n) is 5.11. The maximum absolute atomic E-state index is 11.0. The van der Waals surface area contributed by atoms with Crippen LogP contribution in [0.5, 0.6) is 0 Å². The Morgan fingerprint density at radius 1 is 1.22 bits per heavy atom. The highest BCUT2D eigenvalue weighted by Crippen LogP contribution is 2.35. The molecular formula is C15H16N4O2S2. The summed E-state index contributed by atoms with van der Waals surface area (Å²) >= 11 is 1.58. The number of primary sulfonamides is 1. The molecule has 2 heterocycles. The molecule has 0 spiro atoms. The molecule has 0 saturated heterocycles. The average Bonchev–Trinajstić information content (AvgIpc) is 2.90. The number of hydrogen-bond acceptors (Lipinski definition) is 6. The first-order valence-corrected chi connectivity index (χ1v) is 9.53. The third-order valence-corrected chi connectivity index (χ3v) is 5.09. The molecule has 2 aromatic heterocycles. The lowest BCUT2D eigenvalue weighted by Crippen LogP contribution is -2.22. The van der Waals surface area contributed by atoms with Crippen LogP contribution in [-0.2, 0) is 10.0 Å². The summed E-state index contributed by atoms with van der Waals surface area (Å²) < 4.78 is 22.1. The van der Waals surface area contributed by atoms with Gasteiger partial charge in [-0.2, -0.15) is 0 Å². The van der Waals surface area contributed by atoms with E-state index < -0.39 is 10.0 Å². The molecule has 0 fully saturated rings. The van der Waals surface area contributed by atoms with Crippen LogP contribution in [0.1, 0.15) is 5.82 Å². The third kappa shape index (κ3) is 3.84. The lowest BCUT2D eigenvalue weighted by molar-refractivity contribution is 0.598. The number of benzene rings is 1. The monoisotopic (exact) mass is 348 g/mol. The SMILES string of the molecule is Cc1nc(NCCS(N)(=O)=O)c2cc(-c3ccccc3)sc2n1. The number of aromatic nitrogens is 2.